The monoisotopic (exact) mass is 305 g/mol. The smallest absolute Gasteiger partial charge is 0.244 e. The van der Waals surface area contributed by atoms with Crippen molar-refractivity contribution in [2.45, 2.75) is 58.3 Å². The summed E-state index contributed by atoms with van der Waals surface area (Å²) in [6, 6.07) is -0.0332. The van der Waals surface area contributed by atoms with Crippen molar-refractivity contribution in [2.75, 3.05) is 6.54 Å². The van der Waals surface area contributed by atoms with E-state index in [0.717, 1.165) is 5.56 Å². The zero-order valence-corrected chi connectivity index (χ0v) is 13.5. The standard InChI is InChI=1S/C15H23N5O2/c1-10-17-14(22-18-10)13-5-12(21)9-19(13)7-11-6-16-20(8-11)15(2,3)4/h6,8,12-13,21H,5,7,9H2,1-4H3/t12-,13+/m0/s1. The first-order chi connectivity index (χ1) is 10.3. The molecule has 1 aliphatic heterocycles. The summed E-state index contributed by atoms with van der Waals surface area (Å²) in [6.07, 6.45) is 4.19. The molecule has 0 radical (unpaired) electrons. The molecular formula is C15H23N5O2. The largest absolute Gasteiger partial charge is 0.392 e. The van der Waals surface area contributed by atoms with Crippen LogP contribution in [0.25, 0.3) is 0 Å². The molecule has 0 aromatic carbocycles. The first kappa shape index (κ1) is 15.2. The van der Waals surface area contributed by atoms with Gasteiger partial charge in [-0.3, -0.25) is 9.58 Å². The second-order valence-electron chi connectivity index (χ2n) is 6.98. The Morgan fingerprint density at radius 3 is 2.77 bits per heavy atom. The first-order valence-electron chi connectivity index (χ1n) is 7.59. The zero-order valence-electron chi connectivity index (χ0n) is 13.5. The van der Waals surface area contributed by atoms with Crippen LogP contribution in [0.2, 0.25) is 0 Å². The fourth-order valence-corrected chi connectivity index (χ4v) is 2.80. The SMILES string of the molecule is Cc1noc([C@H]2C[C@H](O)CN2Cc2cnn(C(C)(C)C)c2)n1. The molecule has 22 heavy (non-hydrogen) atoms. The molecule has 0 amide bonds. The van der Waals surface area contributed by atoms with Gasteiger partial charge in [0.1, 0.15) is 0 Å². The Bertz CT molecular complexity index is 642. The molecule has 120 valence electrons. The lowest BCUT2D eigenvalue weighted by atomic mass is 10.1. The van der Waals surface area contributed by atoms with Crippen molar-refractivity contribution < 1.29 is 9.63 Å². The van der Waals surface area contributed by atoms with Crippen molar-refractivity contribution in [2.24, 2.45) is 0 Å². The lowest BCUT2D eigenvalue weighted by Crippen LogP contribution is -2.25. The quantitative estimate of drug-likeness (QED) is 0.928. The lowest BCUT2D eigenvalue weighted by molar-refractivity contribution is 0.169. The van der Waals surface area contributed by atoms with E-state index in [0.29, 0.717) is 31.2 Å². The minimum atomic E-state index is -0.366. The number of nitrogens with zero attached hydrogens (tertiary/aromatic N) is 5. The van der Waals surface area contributed by atoms with Crippen LogP contribution >= 0.6 is 0 Å². The molecule has 0 bridgehead atoms. The number of likely N-dealkylation sites (tertiary alicyclic amines) is 1. The Kier molecular flexibility index (Phi) is 3.78. The summed E-state index contributed by atoms with van der Waals surface area (Å²) >= 11 is 0. The molecule has 0 saturated carbocycles. The Morgan fingerprint density at radius 1 is 1.41 bits per heavy atom. The van der Waals surface area contributed by atoms with Gasteiger partial charge in [0.05, 0.1) is 23.9 Å². The highest BCUT2D eigenvalue weighted by atomic mass is 16.5. The number of aromatic nitrogens is 4. The maximum atomic E-state index is 10.00. The third kappa shape index (κ3) is 3.05. The summed E-state index contributed by atoms with van der Waals surface area (Å²) in [6.45, 7) is 9.47. The van der Waals surface area contributed by atoms with Gasteiger partial charge in [0, 0.05) is 24.8 Å². The van der Waals surface area contributed by atoms with E-state index in [1.54, 1.807) is 6.92 Å². The van der Waals surface area contributed by atoms with E-state index in [2.05, 4.69) is 47.1 Å². The van der Waals surface area contributed by atoms with Crippen molar-refractivity contribution in [3.63, 3.8) is 0 Å². The summed E-state index contributed by atoms with van der Waals surface area (Å²) in [5.41, 5.74) is 1.08. The molecule has 2 aromatic rings. The van der Waals surface area contributed by atoms with Gasteiger partial charge in [0.25, 0.3) is 0 Å². The average molecular weight is 305 g/mol. The van der Waals surface area contributed by atoms with Gasteiger partial charge in [-0.15, -0.1) is 0 Å². The van der Waals surface area contributed by atoms with Crippen LogP contribution in [0.3, 0.4) is 0 Å². The van der Waals surface area contributed by atoms with Crippen LogP contribution in [-0.2, 0) is 12.1 Å². The molecule has 0 aliphatic carbocycles. The molecule has 7 nitrogen and oxygen atoms in total. The Morgan fingerprint density at radius 2 is 2.18 bits per heavy atom. The van der Waals surface area contributed by atoms with Gasteiger partial charge in [0.15, 0.2) is 5.82 Å². The number of β-amino-alcohol motifs (C(OH)–C–C–N with tert-alkyl or cyclic N) is 1. The van der Waals surface area contributed by atoms with Crippen LogP contribution in [-0.4, -0.2) is 42.6 Å². The number of aryl methyl sites for hydroxylation is 1. The second-order valence-corrected chi connectivity index (χ2v) is 6.98. The highest BCUT2D eigenvalue weighted by molar-refractivity contribution is 5.08. The summed E-state index contributed by atoms with van der Waals surface area (Å²) in [7, 11) is 0. The van der Waals surface area contributed by atoms with Gasteiger partial charge >= 0.3 is 0 Å². The van der Waals surface area contributed by atoms with E-state index in [1.165, 1.54) is 0 Å². The van der Waals surface area contributed by atoms with Crippen LogP contribution in [0.1, 0.15) is 50.5 Å². The topological polar surface area (TPSA) is 80.2 Å². The molecule has 1 fully saturated rings. The fraction of sp³-hybridized carbons (Fsp3) is 0.667. The van der Waals surface area contributed by atoms with Crippen LogP contribution < -0.4 is 0 Å². The van der Waals surface area contributed by atoms with Gasteiger partial charge in [-0.05, 0) is 34.1 Å². The summed E-state index contributed by atoms with van der Waals surface area (Å²) in [5, 5.41) is 18.3. The maximum absolute atomic E-state index is 10.00. The third-order valence-electron chi connectivity index (χ3n) is 3.92. The zero-order chi connectivity index (χ0) is 15.9. The molecule has 3 rings (SSSR count). The van der Waals surface area contributed by atoms with E-state index in [9.17, 15) is 5.11 Å². The van der Waals surface area contributed by atoms with E-state index in [1.807, 2.05) is 10.9 Å². The molecule has 7 heteroatoms. The molecule has 1 saturated heterocycles. The maximum Gasteiger partial charge on any atom is 0.244 e. The van der Waals surface area contributed by atoms with Crippen LogP contribution in [0.4, 0.5) is 0 Å². The number of hydrogen-bond donors (Lipinski definition) is 1. The van der Waals surface area contributed by atoms with Crippen LogP contribution in [0.15, 0.2) is 16.9 Å². The Balaban J connectivity index is 1.76. The molecule has 2 aromatic heterocycles. The molecule has 0 unspecified atom stereocenters. The molecule has 1 aliphatic rings. The van der Waals surface area contributed by atoms with Crippen molar-refractivity contribution in [1.82, 2.24) is 24.8 Å². The predicted octanol–water partition coefficient (Wildman–Crippen LogP) is 1.64. The van der Waals surface area contributed by atoms with Gasteiger partial charge in [-0.25, -0.2) is 0 Å². The van der Waals surface area contributed by atoms with E-state index >= 15 is 0 Å². The van der Waals surface area contributed by atoms with Gasteiger partial charge in [-0.1, -0.05) is 5.16 Å². The number of aliphatic hydroxyl groups excluding tert-OH is 1. The summed E-state index contributed by atoms with van der Waals surface area (Å²) in [4.78, 5) is 6.48. The summed E-state index contributed by atoms with van der Waals surface area (Å²) < 4.78 is 7.25. The normalized spacial score (nSPS) is 23.3. The fourth-order valence-electron chi connectivity index (χ4n) is 2.80. The number of aliphatic hydroxyl groups is 1. The van der Waals surface area contributed by atoms with E-state index < -0.39 is 0 Å². The molecular weight excluding hydrogens is 282 g/mol. The number of rotatable bonds is 3. The molecule has 3 heterocycles. The highest BCUT2D eigenvalue weighted by Crippen LogP contribution is 2.32. The average Bonchev–Trinajstić information content (AvgIpc) is 3.09. The van der Waals surface area contributed by atoms with Crippen molar-refractivity contribution in [1.29, 1.82) is 0 Å². The van der Waals surface area contributed by atoms with Gasteiger partial charge < -0.3 is 9.63 Å². The molecule has 1 N–H and O–H groups in total. The molecule has 0 spiro atoms. The minimum absolute atomic E-state index is 0.0332. The lowest BCUT2D eigenvalue weighted by Gasteiger charge is -2.21. The van der Waals surface area contributed by atoms with Crippen molar-refractivity contribution in [3.8, 4) is 0 Å². The third-order valence-corrected chi connectivity index (χ3v) is 3.92. The summed E-state index contributed by atoms with van der Waals surface area (Å²) in [5.74, 6) is 1.20. The Labute approximate surface area is 129 Å². The van der Waals surface area contributed by atoms with Crippen LogP contribution in [0.5, 0.6) is 0 Å². The first-order valence-corrected chi connectivity index (χ1v) is 7.59. The van der Waals surface area contributed by atoms with E-state index in [-0.39, 0.29) is 17.7 Å². The Hall–Kier alpha value is -1.73. The van der Waals surface area contributed by atoms with Crippen molar-refractivity contribution in [3.05, 3.63) is 29.7 Å². The van der Waals surface area contributed by atoms with Crippen LogP contribution in [0, 0.1) is 6.92 Å². The van der Waals surface area contributed by atoms with E-state index in [4.69, 9.17) is 4.52 Å². The second kappa shape index (κ2) is 5.48. The van der Waals surface area contributed by atoms with Gasteiger partial charge in [0.2, 0.25) is 5.89 Å². The molecule has 2 atom stereocenters. The van der Waals surface area contributed by atoms with Crippen molar-refractivity contribution >= 4 is 0 Å². The van der Waals surface area contributed by atoms with Gasteiger partial charge in [-0.2, -0.15) is 10.1 Å². The highest BCUT2D eigenvalue weighted by Gasteiger charge is 2.35. The number of hydrogen-bond acceptors (Lipinski definition) is 6. The minimum Gasteiger partial charge on any atom is -0.392 e. The predicted molar refractivity (Wildman–Crippen MR) is 80.0 cm³/mol.